The molecule has 1 amide bonds. The van der Waals surface area contributed by atoms with Crippen LogP contribution in [0.2, 0.25) is 0 Å². The Morgan fingerprint density at radius 3 is 3.00 bits per heavy atom. The highest BCUT2D eigenvalue weighted by atomic mass is 16.3. The van der Waals surface area contributed by atoms with Crippen LogP contribution in [0.15, 0.2) is 18.2 Å². The number of para-hydroxylation sites is 1. The van der Waals surface area contributed by atoms with E-state index >= 15 is 0 Å². The van der Waals surface area contributed by atoms with Crippen molar-refractivity contribution in [2.75, 3.05) is 6.61 Å². The molecule has 5 heteroatoms. The largest absolute Gasteiger partial charge is 0.396 e. The lowest BCUT2D eigenvalue weighted by atomic mass is 10.2. The van der Waals surface area contributed by atoms with E-state index in [0.717, 1.165) is 28.8 Å². The summed E-state index contributed by atoms with van der Waals surface area (Å²) in [6.07, 6.45) is 2.53. The van der Waals surface area contributed by atoms with E-state index in [1.807, 2.05) is 32.0 Å². The van der Waals surface area contributed by atoms with Gasteiger partial charge in [0.2, 0.25) is 5.91 Å². The molecular formula is C16H23N3O2. The number of aryl methyl sites for hydroxylation is 2. The molecule has 21 heavy (non-hydrogen) atoms. The van der Waals surface area contributed by atoms with E-state index in [0.29, 0.717) is 19.3 Å². The van der Waals surface area contributed by atoms with Crippen LogP contribution in [0.5, 0.6) is 0 Å². The minimum absolute atomic E-state index is 0.0256. The molecule has 2 aromatic rings. The molecule has 0 fully saturated rings. The number of aromatic nitrogens is 2. The maximum absolute atomic E-state index is 11.9. The Bertz CT molecular complexity index is 607. The Morgan fingerprint density at radius 2 is 2.29 bits per heavy atom. The Kier molecular flexibility index (Phi) is 5.33. The lowest BCUT2D eigenvalue weighted by Crippen LogP contribution is -2.32. The first-order valence-electron chi connectivity index (χ1n) is 7.44. The van der Waals surface area contributed by atoms with Crippen molar-refractivity contribution in [1.29, 1.82) is 0 Å². The van der Waals surface area contributed by atoms with Gasteiger partial charge in [-0.1, -0.05) is 12.1 Å². The van der Waals surface area contributed by atoms with Crippen molar-refractivity contribution in [3.05, 3.63) is 29.6 Å². The van der Waals surface area contributed by atoms with Crippen molar-refractivity contribution in [2.24, 2.45) is 0 Å². The van der Waals surface area contributed by atoms with E-state index in [1.165, 1.54) is 0 Å². The summed E-state index contributed by atoms with van der Waals surface area (Å²) in [5.74, 6) is 0.870. The lowest BCUT2D eigenvalue weighted by Gasteiger charge is -2.12. The zero-order valence-corrected chi connectivity index (χ0v) is 12.6. The standard InChI is InChI=1S/C16H23N3O2/c1-11-5-3-7-13-16(11)19-14(18-13)8-9-15(21)17-12(2)6-4-10-20/h3,5,7,12,20H,4,6,8-10H2,1-2H3,(H,17,21)(H,18,19). The van der Waals surface area contributed by atoms with Crippen LogP contribution in [-0.4, -0.2) is 33.6 Å². The number of hydrogen-bond donors (Lipinski definition) is 3. The van der Waals surface area contributed by atoms with Crippen LogP contribution >= 0.6 is 0 Å². The minimum atomic E-state index is 0.0256. The second kappa shape index (κ2) is 7.22. The molecule has 1 aromatic carbocycles. The number of H-pyrrole nitrogens is 1. The number of nitrogens with zero attached hydrogens (tertiary/aromatic N) is 1. The average molecular weight is 289 g/mol. The summed E-state index contributed by atoms with van der Waals surface area (Å²) in [7, 11) is 0. The molecule has 1 aromatic heterocycles. The summed E-state index contributed by atoms with van der Waals surface area (Å²) in [5, 5.41) is 11.7. The number of nitrogens with one attached hydrogen (secondary N) is 2. The third-order valence-corrected chi connectivity index (χ3v) is 3.55. The Labute approximate surface area is 124 Å². The molecule has 0 spiro atoms. The Morgan fingerprint density at radius 1 is 1.48 bits per heavy atom. The number of benzene rings is 1. The molecule has 1 heterocycles. The number of hydrogen-bond acceptors (Lipinski definition) is 3. The van der Waals surface area contributed by atoms with E-state index in [4.69, 9.17) is 5.11 Å². The van der Waals surface area contributed by atoms with Gasteiger partial charge in [-0.15, -0.1) is 0 Å². The number of rotatable bonds is 7. The smallest absolute Gasteiger partial charge is 0.220 e. The summed E-state index contributed by atoms with van der Waals surface area (Å²) >= 11 is 0. The molecular weight excluding hydrogens is 266 g/mol. The van der Waals surface area contributed by atoms with Crippen molar-refractivity contribution < 1.29 is 9.90 Å². The molecule has 0 saturated carbocycles. The van der Waals surface area contributed by atoms with Crippen LogP contribution in [0.1, 0.15) is 37.6 Å². The molecule has 2 rings (SSSR count). The molecule has 5 nitrogen and oxygen atoms in total. The highest BCUT2D eigenvalue weighted by molar-refractivity contribution is 5.79. The summed E-state index contributed by atoms with van der Waals surface area (Å²) in [6.45, 7) is 4.15. The SMILES string of the molecule is Cc1cccc2[nH]c(CCC(=O)NC(C)CCCO)nc12. The van der Waals surface area contributed by atoms with Gasteiger partial charge in [-0.25, -0.2) is 4.98 Å². The molecule has 0 aliphatic carbocycles. The van der Waals surface area contributed by atoms with E-state index < -0.39 is 0 Å². The first-order chi connectivity index (χ1) is 10.1. The fraction of sp³-hybridized carbons (Fsp3) is 0.500. The van der Waals surface area contributed by atoms with E-state index in [-0.39, 0.29) is 18.6 Å². The molecule has 0 saturated heterocycles. The normalized spacial score (nSPS) is 12.5. The quantitative estimate of drug-likeness (QED) is 0.730. The predicted octanol–water partition coefficient (Wildman–Crippen LogP) is 2.08. The maximum Gasteiger partial charge on any atom is 0.220 e. The van der Waals surface area contributed by atoms with Crippen molar-refractivity contribution in [1.82, 2.24) is 15.3 Å². The highest BCUT2D eigenvalue weighted by Gasteiger charge is 2.10. The van der Waals surface area contributed by atoms with Gasteiger partial charge in [0, 0.05) is 25.5 Å². The highest BCUT2D eigenvalue weighted by Crippen LogP contribution is 2.16. The summed E-state index contributed by atoms with van der Waals surface area (Å²) in [6, 6.07) is 6.12. The van der Waals surface area contributed by atoms with Crippen LogP contribution in [0.4, 0.5) is 0 Å². The third-order valence-electron chi connectivity index (χ3n) is 3.55. The van der Waals surface area contributed by atoms with Gasteiger partial charge in [0.15, 0.2) is 0 Å². The van der Waals surface area contributed by atoms with Gasteiger partial charge in [0.1, 0.15) is 5.82 Å². The van der Waals surface area contributed by atoms with Crippen LogP contribution in [0.3, 0.4) is 0 Å². The molecule has 3 N–H and O–H groups in total. The van der Waals surface area contributed by atoms with Gasteiger partial charge >= 0.3 is 0 Å². The van der Waals surface area contributed by atoms with Crippen LogP contribution in [0, 0.1) is 6.92 Å². The molecule has 0 aliphatic heterocycles. The van der Waals surface area contributed by atoms with Crippen LogP contribution in [0.25, 0.3) is 11.0 Å². The Hall–Kier alpha value is -1.88. The monoisotopic (exact) mass is 289 g/mol. The Balaban J connectivity index is 1.86. The molecule has 0 aliphatic rings. The molecule has 114 valence electrons. The third kappa shape index (κ3) is 4.29. The first kappa shape index (κ1) is 15.5. The van der Waals surface area contributed by atoms with Gasteiger partial charge in [-0.3, -0.25) is 4.79 Å². The van der Waals surface area contributed by atoms with Gasteiger partial charge in [-0.2, -0.15) is 0 Å². The van der Waals surface area contributed by atoms with Gasteiger partial charge < -0.3 is 15.4 Å². The van der Waals surface area contributed by atoms with Crippen LogP contribution in [-0.2, 0) is 11.2 Å². The van der Waals surface area contributed by atoms with E-state index in [2.05, 4.69) is 15.3 Å². The number of fused-ring (bicyclic) bond motifs is 1. The van der Waals surface area contributed by atoms with Crippen molar-refractivity contribution in [2.45, 2.75) is 45.6 Å². The van der Waals surface area contributed by atoms with E-state index in [1.54, 1.807) is 0 Å². The first-order valence-corrected chi connectivity index (χ1v) is 7.44. The van der Waals surface area contributed by atoms with Crippen LogP contribution < -0.4 is 5.32 Å². The number of aliphatic hydroxyl groups excluding tert-OH is 1. The van der Waals surface area contributed by atoms with Crippen molar-refractivity contribution in [3.8, 4) is 0 Å². The number of imidazole rings is 1. The fourth-order valence-corrected chi connectivity index (χ4v) is 2.39. The maximum atomic E-state index is 11.9. The topological polar surface area (TPSA) is 78.0 Å². The zero-order valence-electron chi connectivity index (χ0n) is 12.6. The molecule has 1 atom stereocenters. The van der Waals surface area contributed by atoms with Gasteiger partial charge in [-0.05, 0) is 38.3 Å². The van der Waals surface area contributed by atoms with Gasteiger partial charge in [0.05, 0.1) is 11.0 Å². The molecule has 0 bridgehead atoms. The number of amides is 1. The number of carbonyl (C=O) groups is 1. The van der Waals surface area contributed by atoms with E-state index in [9.17, 15) is 4.79 Å². The molecule has 0 radical (unpaired) electrons. The van der Waals surface area contributed by atoms with Crippen molar-refractivity contribution >= 4 is 16.9 Å². The second-order valence-corrected chi connectivity index (χ2v) is 5.49. The molecule has 1 unspecified atom stereocenters. The van der Waals surface area contributed by atoms with Gasteiger partial charge in [0.25, 0.3) is 0 Å². The summed E-state index contributed by atoms with van der Waals surface area (Å²) in [5.41, 5.74) is 3.13. The summed E-state index contributed by atoms with van der Waals surface area (Å²) < 4.78 is 0. The predicted molar refractivity (Wildman–Crippen MR) is 83.1 cm³/mol. The number of aromatic amines is 1. The summed E-state index contributed by atoms with van der Waals surface area (Å²) in [4.78, 5) is 19.7. The zero-order chi connectivity index (χ0) is 15.2. The fourth-order valence-electron chi connectivity index (χ4n) is 2.39. The number of aliphatic hydroxyl groups is 1. The minimum Gasteiger partial charge on any atom is -0.396 e. The lowest BCUT2D eigenvalue weighted by molar-refractivity contribution is -0.121. The van der Waals surface area contributed by atoms with Crippen molar-refractivity contribution in [3.63, 3.8) is 0 Å². The number of carbonyl (C=O) groups excluding carboxylic acids is 1. The average Bonchev–Trinajstić information content (AvgIpc) is 2.87. The second-order valence-electron chi connectivity index (χ2n) is 5.49.